The highest BCUT2D eigenvalue weighted by molar-refractivity contribution is 5.21. The van der Waals surface area contributed by atoms with E-state index in [-0.39, 0.29) is 12.1 Å². The number of H-pyrrole nitrogens is 1. The summed E-state index contributed by atoms with van der Waals surface area (Å²) >= 11 is 0. The molecular formula is C16H21N3O2. The Labute approximate surface area is 124 Å². The molecule has 21 heavy (non-hydrogen) atoms. The van der Waals surface area contributed by atoms with Crippen molar-refractivity contribution in [1.29, 1.82) is 0 Å². The number of rotatable bonds is 5. The number of hydrogen-bond acceptors (Lipinski definition) is 4. The predicted molar refractivity (Wildman–Crippen MR) is 79.9 cm³/mol. The number of likely N-dealkylation sites (N-methyl/N-ethyl adjacent to an activating group) is 1. The minimum atomic E-state index is -0.474. The number of benzene rings is 1. The van der Waals surface area contributed by atoms with E-state index in [9.17, 15) is 5.11 Å². The van der Waals surface area contributed by atoms with Gasteiger partial charge in [-0.05, 0) is 38.1 Å². The fraction of sp³-hybridized carbons (Fsp3) is 0.438. The lowest BCUT2D eigenvalue weighted by molar-refractivity contribution is 0.0150. The summed E-state index contributed by atoms with van der Waals surface area (Å²) in [6, 6.07) is 11.8. The average molecular weight is 287 g/mol. The number of aliphatic hydroxyl groups is 1. The van der Waals surface area contributed by atoms with Crippen molar-refractivity contribution in [3.8, 4) is 5.75 Å². The third-order valence-corrected chi connectivity index (χ3v) is 4.10. The van der Waals surface area contributed by atoms with Gasteiger partial charge in [0.1, 0.15) is 18.0 Å². The fourth-order valence-electron chi connectivity index (χ4n) is 2.97. The molecule has 1 aromatic heterocycles. The van der Waals surface area contributed by atoms with Gasteiger partial charge in [-0.15, -0.1) is 0 Å². The lowest BCUT2D eigenvalue weighted by Crippen LogP contribution is -2.42. The molecule has 2 aromatic rings. The predicted octanol–water partition coefficient (Wildman–Crippen LogP) is 1.81. The smallest absolute Gasteiger partial charge is 0.126 e. The molecule has 1 saturated carbocycles. The van der Waals surface area contributed by atoms with Crippen LogP contribution in [0.1, 0.15) is 18.5 Å². The molecule has 2 N–H and O–H groups in total. The summed E-state index contributed by atoms with van der Waals surface area (Å²) in [5.74, 6) is 0.818. The van der Waals surface area contributed by atoms with Gasteiger partial charge in [0.25, 0.3) is 0 Å². The normalized spacial score (nSPS) is 25.4. The number of hydrogen-bond donors (Lipinski definition) is 2. The molecule has 1 aromatic carbocycles. The maximum Gasteiger partial charge on any atom is 0.126 e. The molecule has 0 spiro atoms. The van der Waals surface area contributed by atoms with Crippen LogP contribution in [-0.2, 0) is 6.54 Å². The molecule has 0 aliphatic heterocycles. The number of aromatic nitrogens is 2. The Hall–Kier alpha value is -1.85. The van der Waals surface area contributed by atoms with Crippen LogP contribution < -0.4 is 4.74 Å². The molecule has 1 aliphatic rings. The van der Waals surface area contributed by atoms with Gasteiger partial charge in [0, 0.05) is 24.5 Å². The fourth-order valence-corrected chi connectivity index (χ4v) is 2.97. The van der Waals surface area contributed by atoms with Gasteiger partial charge in [-0.25, -0.2) is 0 Å². The third kappa shape index (κ3) is 3.25. The highest BCUT2D eigenvalue weighted by Gasteiger charge is 2.38. The summed E-state index contributed by atoms with van der Waals surface area (Å²) < 4.78 is 5.91. The van der Waals surface area contributed by atoms with E-state index in [2.05, 4.69) is 15.1 Å². The minimum Gasteiger partial charge on any atom is -0.488 e. The van der Waals surface area contributed by atoms with Gasteiger partial charge in [-0.2, -0.15) is 5.10 Å². The van der Waals surface area contributed by atoms with Crippen LogP contribution in [-0.4, -0.2) is 45.5 Å². The molecule has 0 radical (unpaired) electrons. The summed E-state index contributed by atoms with van der Waals surface area (Å²) in [5.41, 5.74) is 1.05. The van der Waals surface area contributed by atoms with Crippen molar-refractivity contribution >= 4 is 0 Å². The quantitative estimate of drug-likeness (QED) is 0.880. The number of aliphatic hydroxyl groups excluding tert-OH is 1. The third-order valence-electron chi connectivity index (χ3n) is 4.10. The first kappa shape index (κ1) is 14.1. The summed E-state index contributed by atoms with van der Waals surface area (Å²) in [5, 5.41) is 17.4. The molecule has 0 saturated heterocycles. The molecule has 0 amide bonds. The first-order chi connectivity index (χ1) is 10.2. The van der Waals surface area contributed by atoms with E-state index in [1.807, 2.05) is 43.4 Å². The van der Waals surface area contributed by atoms with Crippen LogP contribution in [0.15, 0.2) is 42.6 Å². The number of para-hydroxylation sites is 1. The van der Waals surface area contributed by atoms with Gasteiger partial charge in [0.15, 0.2) is 0 Å². The summed E-state index contributed by atoms with van der Waals surface area (Å²) in [4.78, 5) is 2.16. The molecule has 5 heteroatoms. The van der Waals surface area contributed by atoms with E-state index in [4.69, 9.17) is 4.74 Å². The van der Waals surface area contributed by atoms with Gasteiger partial charge in [-0.1, -0.05) is 18.2 Å². The second kappa shape index (κ2) is 6.28. The number of nitrogens with one attached hydrogen (secondary N) is 1. The Kier molecular flexibility index (Phi) is 4.22. The summed E-state index contributed by atoms with van der Waals surface area (Å²) in [6.45, 7) is 0.750. The molecule has 0 bridgehead atoms. The second-order valence-electron chi connectivity index (χ2n) is 5.60. The monoisotopic (exact) mass is 287 g/mol. The van der Waals surface area contributed by atoms with Crippen molar-refractivity contribution in [3.05, 3.63) is 48.3 Å². The lowest BCUT2D eigenvalue weighted by Gasteiger charge is -2.28. The van der Waals surface area contributed by atoms with Crippen LogP contribution in [0, 0.1) is 0 Å². The SMILES string of the molecule is CN(Cc1ccn[nH]1)[C@@H]1CC[C@H](Oc2ccccc2)[C@H]1O. The van der Waals surface area contributed by atoms with Crippen molar-refractivity contribution in [2.45, 2.75) is 37.6 Å². The zero-order valence-corrected chi connectivity index (χ0v) is 12.1. The van der Waals surface area contributed by atoms with Crippen molar-refractivity contribution in [2.24, 2.45) is 0 Å². The topological polar surface area (TPSA) is 61.4 Å². The first-order valence-electron chi connectivity index (χ1n) is 7.32. The highest BCUT2D eigenvalue weighted by Crippen LogP contribution is 2.28. The van der Waals surface area contributed by atoms with E-state index < -0.39 is 6.10 Å². The van der Waals surface area contributed by atoms with E-state index >= 15 is 0 Å². The Morgan fingerprint density at radius 2 is 2.10 bits per heavy atom. The minimum absolute atomic E-state index is 0.113. The zero-order chi connectivity index (χ0) is 14.7. The van der Waals surface area contributed by atoms with Gasteiger partial charge < -0.3 is 9.84 Å². The van der Waals surface area contributed by atoms with Gasteiger partial charge in [-0.3, -0.25) is 10.00 Å². The van der Waals surface area contributed by atoms with Crippen LogP contribution in [0.4, 0.5) is 0 Å². The maximum absolute atomic E-state index is 10.5. The van der Waals surface area contributed by atoms with Gasteiger partial charge in [0.2, 0.25) is 0 Å². The molecule has 3 rings (SSSR count). The largest absolute Gasteiger partial charge is 0.488 e. The Morgan fingerprint density at radius 1 is 1.29 bits per heavy atom. The summed E-state index contributed by atoms with van der Waals surface area (Å²) in [7, 11) is 2.03. The van der Waals surface area contributed by atoms with Crippen LogP contribution in [0.25, 0.3) is 0 Å². The van der Waals surface area contributed by atoms with Crippen molar-refractivity contribution in [1.82, 2.24) is 15.1 Å². The molecular weight excluding hydrogens is 266 g/mol. The Morgan fingerprint density at radius 3 is 2.81 bits per heavy atom. The van der Waals surface area contributed by atoms with Crippen molar-refractivity contribution in [3.63, 3.8) is 0 Å². The van der Waals surface area contributed by atoms with E-state index in [0.717, 1.165) is 30.8 Å². The van der Waals surface area contributed by atoms with E-state index in [0.29, 0.717) is 0 Å². The van der Waals surface area contributed by atoms with Crippen LogP contribution in [0.2, 0.25) is 0 Å². The highest BCUT2D eigenvalue weighted by atomic mass is 16.5. The molecule has 1 fully saturated rings. The lowest BCUT2D eigenvalue weighted by atomic mass is 10.1. The first-order valence-corrected chi connectivity index (χ1v) is 7.32. The standard InChI is InChI=1S/C16H21N3O2/c1-19(11-12-9-10-17-18-12)14-7-8-15(16(14)20)21-13-5-3-2-4-6-13/h2-6,9-10,14-16,20H,7-8,11H2,1H3,(H,17,18)/t14-,15+,16+/m1/s1. The summed E-state index contributed by atoms with van der Waals surface area (Å²) in [6.07, 6.45) is 2.94. The van der Waals surface area contributed by atoms with Crippen molar-refractivity contribution in [2.75, 3.05) is 7.05 Å². The molecule has 0 unspecified atom stereocenters. The van der Waals surface area contributed by atoms with Crippen LogP contribution >= 0.6 is 0 Å². The Balaban J connectivity index is 1.59. The number of ether oxygens (including phenoxy) is 1. The molecule has 5 nitrogen and oxygen atoms in total. The Bertz CT molecular complexity index is 544. The van der Waals surface area contributed by atoms with Crippen LogP contribution in [0.5, 0.6) is 5.75 Å². The second-order valence-corrected chi connectivity index (χ2v) is 5.60. The molecule has 112 valence electrons. The van der Waals surface area contributed by atoms with Gasteiger partial charge >= 0.3 is 0 Å². The molecule has 3 atom stereocenters. The molecule has 1 aliphatic carbocycles. The number of aromatic amines is 1. The van der Waals surface area contributed by atoms with Crippen molar-refractivity contribution < 1.29 is 9.84 Å². The average Bonchev–Trinajstić information content (AvgIpc) is 3.11. The number of nitrogens with zero attached hydrogens (tertiary/aromatic N) is 2. The van der Waals surface area contributed by atoms with Crippen LogP contribution in [0.3, 0.4) is 0 Å². The maximum atomic E-state index is 10.5. The van der Waals surface area contributed by atoms with E-state index in [1.165, 1.54) is 0 Å². The zero-order valence-electron chi connectivity index (χ0n) is 12.1. The van der Waals surface area contributed by atoms with E-state index in [1.54, 1.807) is 6.20 Å². The molecule has 1 heterocycles. The van der Waals surface area contributed by atoms with Gasteiger partial charge in [0.05, 0.1) is 0 Å².